The van der Waals surface area contributed by atoms with Crippen LogP contribution < -0.4 is 5.32 Å². The van der Waals surface area contributed by atoms with Crippen LogP contribution in [0.5, 0.6) is 0 Å². The third-order valence-electron chi connectivity index (χ3n) is 2.80. The molecule has 0 aliphatic rings. The van der Waals surface area contributed by atoms with Gasteiger partial charge in [0, 0.05) is 24.5 Å². The van der Waals surface area contributed by atoms with Crippen LogP contribution in [0.15, 0.2) is 30.6 Å². The molecule has 2 aromatic rings. The van der Waals surface area contributed by atoms with Crippen LogP contribution in [-0.2, 0) is 6.54 Å². The highest BCUT2D eigenvalue weighted by molar-refractivity contribution is 5.18. The lowest BCUT2D eigenvalue weighted by Crippen LogP contribution is -2.22. The number of H-pyrrole nitrogens is 1. The monoisotopic (exact) mass is 251 g/mol. The van der Waals surface area contributed by atoms with Gasteiger partial charge in [0.1, 0.15) is 17.5 Å². The van der Waals surface area contributed by atoms with Gasteiger partial charge in [0.15, 0.2) is 0 Å². The maximum absolute atomic E-state index is 13.4. The van der Waals surface area contributed by atoms with E-state index in [0.717, 1.165) is 24.4 Å². The number of benzene rings is 1. The van der Waals surface area contributed by atoms with Gasteiger partial charge in [0.25, 0.3) is 0 Å². The Bertz CT molecular complexity index is 497. The lowest BCUT2D eigenvalue weighted by Gasteiger charge is -2.15. The first kappa shape index (κ1) is 12.7. The molecule has 0 aliphatic carbocycles. The molecule has 1 aromatic heterocycles. The van der Waals surface area contributed by atoms with Crippen molar-refractivity contribution in [3.8, 4) is 0 Å². The number of rotatable bonds is 5. The Morgan fingerprint density at radius 1 is 1.39 bits per heavy atom. The van der Waals surface area contributed by atoms with Crippen LogP contribution in [0.3, 0.4) is 0 Å². The lowest BCUT2D eigenvalue weighted by molar-refractivity contribution is 0.484. The van der Waals surface area contributed by atoms with E-state index < -0.39 is 11.6 Å². The molecule has 0 saturated carbocycles. The van der Waals surface area contributed by atoms with Gasteiger partial charge in [-0.3, -0.25) is 0 Å². The second-order valence-corrected chi connectivity index (χ2v) is 4.05. The molecule has 0 spiro atoms. The fourth-order valence-electron chi connectivity index (χ4n) is 1.81. The van der Waals surface area contributed by atoms with Crippen molar-refractivity contribution in [3.05, 3.63) is 53.6 Å². The maximum atomic E-state index is 13.4. The van der Waals surface area contributed by atoms with Gasteiger partial charge in [-0.2, -0.15) is 0 Å². The van der Waals surface area contributed by atoms with Crippen molar-refractivity contribution >= 4 is 0 Å². The summed E-state index contributed by atoms with van der Waals surface area (Å²) in [6, 6.07) is 3.46. The standard InChI is InChI=1S/C13H15F2N3/c1-2-12(13-16-5-6-17-13)18-8-9-7-10(14)3-4-11(9)15/h3-7,12,18H,2,8H2,1H3,(H,16,17). The first-order chi connectivity index (χ1) is 8.70. The molecule has 18 heavy (non-hydrogen) atoms. The summed E-state index contributed by atoms with van der Waals surface area (Å²) in [6.45, 7) is 2.27. The molecule has 3 nitrogen and oxygen atoms in total. The van der Waals surface area contributed by atoms with Gasteiger partial charge in [0.05, 0.1) is 6.04 Å². The van der Waals surface area contributed by atoms with Crippen LogP contribution in [0.25, 0.3) is 0 Å². The molecule has 1 aromatic carbocycles. The van der Waals surface area contributed by atoms with Crippen LogP contribution in [-0.4, -0.2) is 9.97 Å². The number of aromatic nitrogens is 2. The summed E-state index contributed by atoms with van der Waals surface area (Å²) >= 11 is 0. The van der Waals surface area contributed by atoms with Crippen molar-refractivity contribution in [2.45, 2.75) is 25.9 Å². The van der Waals surface area contributed by atoms with Gasteiger partial charge in [-0.05, 0) is 24.6 Å². The summed E-state index contributed by atoms with van der Waals surface area (Å²) in [7, 11) is 0. The zero-order valence-corrected chi connectivity index (χ0v) is 10.1. The average Bonchev–Trinajstić information content (AvgIpc) is 2.88. The second kappa shape index (κ2) is 5.73. The van der Waals surface area contributed by atoms with Gasteiger partial charge < -0.3 is 10.3 Å². The Balaban J connectivity index is 2.04. The van der Waals surface area contributed by atoms with E-state index in [1.165, 1.54) is 6.07 Å². The molecule has 0 radical (unpaired) electrons. The lowest BCUT2D eigenvalue weighted by atomic mass is 10.1. The first-order valence-electron chi connectivity index (χ1n) is 5.87. The summed E-state index contributed by atoms with van der Waals surface area (Å²) in [5.74, 6) is -0.0354. The van der Waals surface area contributed by atoms with Crippen molar-refractivity contribution in [2.24, 2.45) is 0 Å². The molecule has 0 amide bonds. The normalized spacial score (nSPS) is 12.6. The van der Waals surface area contributed by atoms with Crippen LogP contribution in [0.2, 0.25) is 0 Å². The molecular formula is C13H15F2N3. The summed E-state index contributed by atoms with van der Waals surface area (Å²) < 4.78 is 26.5. The largest absolute Gasteiger partial charge is 0.347 e. The van der Waals surface area contributed by atoms with Gasteiger partial charge in [0.2, 0.25) is 0 Å². The fraction of sp³-hybridized carbons (Fsp3) is 0.308. The van der Waals surface area contributed by atoms with Crippen molar-refractivity contribution < 1.29 is 8.78 Å². The summed E-state index contributed by atoms with van der Waals surface area (Å²) in [5.41, 5.74) is 0.319. The van der Waals surface area contributed by atoms with Crippen molar-refractivity contribution in [1.82, 2.24) is 15.3 Å². The third kappa shape index (κ3) is 2.92. The van der Waals surface area contributed by atoms with Crippen LogP contribution in [0.4, 0.5) is 8.78 Å². The topological polar surface area (TPSA) is 40.7 Å². The maximum Gasteiger partial charge on any atom is 0.127 e. The molecule has 2 N–H and O–H groups in total. The number of imidazole rings is 1. The van der Waals surface area contributed by atoms with E-state index in [0.29, 0.717) is 5.56 Å². The SMILES string of the molecule is CCC(NCc1cc(F)ccc1F)c1ncc[nH]1. The predicted molar refractivity (Wildman–Crippen MR) is 64.8 cm³/mol. The Hall–Kier alpha value is -1.75. The Labute approximate surface area is 104 Å². The zero-order chi connectivity index (χ0) is 13.0. The molecule has 0 saturated heterocycles. The number of aromatic amines is 1. The molecule has 1 atom stereocenters. The summed E-state index contributed by atoms with van der Waals surface area (Å²) in [4.78, 5) is 7.16. The number of nitrogens with one attached hydrogen (secondary N) is 2. The van der Waals surface area contributed by atoms with E-state index in [1.807, 2.05) is 6.92 Å². The molecule has 0 aliphatic heterocycles. The highest BCUT2D eigenvalue weighted by Crippen LogP contribution is 2.14. The number of halogens is 2. The Morgan fingerprint density at radius 3 is 2.89 bits per heavy atom. The molecule has 1 heterocycles. The highest BCUT2D eigenvalue weighted by Gasteiger charge is 2.12. The van der Waals surface area contributed by atoms with E-state index in [2.05, 4.69) is 15.3 Å². The van der Waals surface area contributed by atoms with Gasteiger partial charge >= 0.3 is 0 Å². The number of hydrogen-bond donors (Lipinski definition) is 2. The van der Waals surface area contributed by atoms with Crippen LogP contribution in [0, 0.1) is 11.6 Å². The quantitative estimate of drug-likeness (QED) is 0.857. The van der Waals surface area contributed by atoms with E-state index in [1.54, 1.807) is 12.4 Å². The smallest absolute Gasteiger partial charge is 0.127 e. The van der Waals surface area contributed by atoms with Crippen LogP contribution >= 0.6 is 0 Å². The molecule has 5 heteroatoms. The second-order valence-electron chi connectivity index (χ2n) is 4.05. The minimum absolute atomic E-state index is 0.00247. The fourth-order valence-corrected chi connectivity index (χ4v) is 1.81. The van der Waals surface area contributed by atoms with E-state index >= 15 is 0 Å². The highest BCUT2D eigenvalue weighted by atomic mass is 19.1. The van der Waals surface area contributed by atoms with Gasteiger partial charge in [-0.25, -0.2) is 13.8 Å². The Kier molecular flexibility index (Phi) is 4.04. The zero-order valence-electron chi connectivity index (χ0n) is 10.1. The van der Waals surface area contributed by atoms with Crippen molar-refractivity contribution in [1.29, 1.82) is 0 Å². The molecule has 1 unspecified atom stereocenters. The van der Waals surface area contributed by atoms with Gasteiger partial charge in [-0.15, -0.1) is 0 Å². The molecule has 96 valence electrons. The predicted octanol–water partition coefficient (Wildman–Crippen LogP) is 2.93. The minimum atomic E-state index is -0.431. The third-order valence-corrected chi connectivity index (χ3v) is 2.80. The summed E-state index contributed by atoms with van der Waals surface area (Å²) in [5, 5.41) is 3.16. The van der Waals surface area contributed by atoms with E-state index in [4.69, 9.17) is 0 Å². The first-order valence-corrected chi connectivity index (χ1v) is 5.87. The average molecular weight is 251 g/mol. The number of nitrogens with zero attached hydrogens (tertiary/aromatic N) is 1. The molecule has 0 fully saturated rings. The van der Waals surface area contributed by atoms with E-state index in [9.17, 15) is 8.78 Å². The number of hydrogen-bond acceptors (Lipinski definition) is 2. The summed E-state index contributed by atoms with van der Waals surface area (Å²) in [6.07, 6.45) is 4.22. The van der Waals surface area contributed by atoms with E-state index in [-0.39, 0.29) is 12.6 Å². The van der Waals surface area contributed by atoms with Crippen molar-refractivity contribution in [3.63, 3.8) is 0 Å². The van der Waals surface area contributed by atoms with Crippen LogP contribution in [0.1, 0.15) is 30.8 Å². The van der Waals surface area contributed by atoms with Gasteiger partial charge in [-0.1, -0.05) is 6.92 Å². The molecule has 2 rings (SSSR count). The van der Waals surface area contributed by atoms with Crippen molar-refractivity contribution in [2.75, 3.05) is 0 Å². The molecular weight excluding hydrogens is 236 g/mol. The molecule has 0 bridgehead atoms. The Morgan fingerprint density at radius 2 is 2.22 bits per heavy atom. The minimum Gasteiger partial charge on any atom is -0.347 e.